The van der Waals surface area contributed by atoms with Crippen molar-refractivity contribution in [1.82, 2.24) is 5.32 Å². The van der Waals surface area contributed by atoms with Gasteiger partial charge in [-0.1, -0.05) is 25.2 Å². The van der Waals surface area contributed by atoms with Crippen molar-refractivity contribution in [3.8, 4) is 0 Å². The van der Waals surface area contributed by atoms with Gasteiger partial charge in [-0.2, -0.15) is 0 Å². The number of ketones is 3. The van der Waals surface area contributed by atoms with Gasteiger partial charge >= 0.3 is 5.97 Å². The summed E-state index contributed by atoms with van der Waals surface area (Å²) >= 11 is 0. The van der Waals surface area contributed by atoms with Crippen molar-refractivity contribution in [2.24, 2.45) is 11.3 Å². The average Bonchev–Trinajstić information content (AvgIpc) is 2.97. The van der Waals surface area contributed by atoms with Gasteiger partial charge in [0.25, 0.3) is 0 Å². The molecule has 1 unspecified atom stereocenters. The number of allylic oxidation sites excluding steroid dienone is 2. The Morgan fingerprint density at radius 1 is 1.08 bits per heavy atom. The highest BCUT2D eigenvalue weighted by Crippen LogP contribution is 2.42. The predicted molar refractivity (Wildman–Crippen MR) is 130 cm³/mol. The van der Waals surface area contributed by atoms with E-state index in [1.165, 1.54) is 32.1 Å². The number of hydrogen-bond acceptors (Lipinski definition) is 7. The number of carbonyl (C=O) groups is 5. The van der Waals surface area contributed by atoms with Crippen LogP contribution in [0.1, 0.15) is 76.7 Å². The maximum Gasteiger partial charge on any atom is 0.320 e. The molecule has 188 valence electrons. The van der Waals surface area contributed by atoms with E-state index in [9.17, 15) is 29.1 Å². The van der Waals surface area contributed by atoms with Gasteiger partial charge in [-0.25, -0.2) is 0 Å². The summed E-state index contributed by atoms with van der Waals surface area (Å²) in [5, 5.41) is 13.0. The maximum absolute atomic E-state index is 14.0. The first-order valence-electron chi connectivity index (χ1n) is 12.1. The van der Waals surface area contributed by atoms with Crippen LogP contribution in [0.15, 0.2) is 47.7 Å². The molecule has 36 heavy (non-hydrogen) atoms. The minimum atomic E-state index is -1.83. The number of Topliss-reactive ketones (excluding diaryl/α,β-unsaturated/α-hetero) is 3. The molecule has 4 atom stereocenters. The highest BCUT2D eigenvalue weighted by atomic mass is 16.6. The van der Waals surface area contributed by atoms with Crippen LogP contribution in [-0.2, 0) is 14.3 Å². The van der Waals surface area contributed by atoms with Gasteiger partial charge < -0.3 is 15.2 Å². The quantitative estimate of drug-likeness (QED) is 0.456. The van der Waals surface area contributed by atoms with Gasteiger partial charge in [-0.15, -0.1) is 0 Å². The predicted octanol–water partition coefficient (Wildman–Crippen LogP) is 3.17. The molecule has 8 nitrogen and oxygen atoms in total. The zero-order valence-corrected chi connectivity index (χ0v) is 20.7. The first-order valence-corrected chi connectivity index (χ1v) is 12.1. The first kappa shape index (κ1) is 25.4. The fourth-order valence-corrected chi connectivity index (χ4v) is 4.87. The molecule has 2 bridgehead atoms. The van der Waals surface area contributed by atoms with Crippen LogP contribution in [0.25, 0.3) is 0 Å². The lowest BCUT2D eigenvalue weighted by atomic mass is 9.71. The summed E-state index contributed by atoms with van der Waals surface area (Å²) in [4.78, 5) is 66.9. The monoisotopic (exact) mass is 491 g/mol. The Morgan fingerprint density at radius 2 is 1.78 bits per heavy atom. The molecule has 2 aliphatic heterocycles. The molecule has 1 amide bonds. The SMILES string of the molecule is CCC1/C=C/[C@H](O)[C@H](C)OC(=O)[C@@]2(C)C=CC(=O)NC3=C2C(=O)c2c(cc(C)cc2C3=O)C(=O)CC1. The average molecular weight is 492 g/mol. The number of cyclic esters (lactones) is 1. The summed E-state index contributed by atoms with van der Waals surface area (Å²) in [5.41, 5.74) is -1.72. The van der Waals surface area contributed by atoms with Crippen molar-refractivity contribution < 1.29 is 33.8 Å². The number of aryl methyl sites for hydroxylation is 1. The van der Waals surface area contributed by atoms with Crippen LogP contribution in [0, 0.1) is 18.3 Å². The summed E-state index contributed by atoms with van der Waals surface area (Å²) in [6.45, 7) is 6.58. The Labute approximate surface area is 209 Å². The summed E-state index contributed by atoms with van der Waals surface area (Å²) in [6, 6.07) is 3.10. The lowest BCUT2D eigenvalue weighted by Gasteiger charge is -2.32. The van der Waals surface area contributed by atoms with E-state index in [0.717, 1.165) is 6.08 Å². The summed E-state index contributed by atoms with van der Waals surface area (Å²) < 4.78 is 5.56. The Hall–Kier alpha value is -3.65. The molecule has 2 heterocycles. The summed E-state index contributed by atoms with van der Waals surface area (Å²) in [6.07, 6.45) is 4.84. The van der Waals surface area contributed by atoms with Crippen LogP contribution >= 0.6 is 0 Å². The van der Waals surface area contributed by atoms with E-state index in [-0.39, 0.29) is 46.1 Å². The smallest absolute Gasteiger partial charge is 0.320 e. The highest BCUT2D eigenvalue weighted by molar-refractivity contribution is 6.32. The normalized spacial score (nSPS) is 29.7. The van der Waals surface area contributed by atoms with E-state index >= 15 is 0 Å². The molecular weight excluding hydrogens is 462 g/mol. The molecular formula is C28H29NO7. The largest absolute Gasteiger partial charge is 0.459 e. The Bertz CT molecular complexity index is 1280. The van der Waals surface area contributed by atoms with Gasteiger partial charge in [0.1, 0.15) is 17.6 Å². The number of ether oxygens (including phenoxy) is 1. The number of aliphatic hydroxyl groups is 1. The number of carbonyl (C=O) groups excluding carboxylic acids is 5. The van der Waals surface area contributed by atoms with Crippen LogP contribution in [0.4, 0.5) is 0 Å². The van der Waals surface area contributed by atoms with Crippen LogP contribution in [-0.4, -0.2) is 46.5 Å². The number of amides is 1. The number of rotatable bonds is 1. The fraction of sp³-hybridized carbons (Fsp3) is 0.393. The number of hydrogen-bond donors (Lipinski definition) is 2. The second-order valence-electron chi connectivity index (χ2n) is 9.78. The second kappa shape index (κ2) is 9.43. The van der Waals surface area contributed by atoms with Crippen molar-refractivity contribution in [3.05, 3.63) is 70.0 Å². The van der Waals surface area contributed by atoms with Gasteiger partial charge in [-0.3, -0.25) is 24.0 Å². The molecule has 4 rings (SSSR count). The highest BCUT2D eigenvalue weighted by Gasteiger charge is 2.49. The van der Waals surface area contributed by atoms with Gasteiger partial charge in [-0.05, 0) is 57.2 Å². The van der Waals surface area contributed by atoms with E-state index < -0.39 is 41.1 Å². The molecule has 0 saturated carbocycles. The van der Waals surface area contributed by atoms with E-state index in [1.807, 2.05) is 6.92 Å². The van der Waals surface area contributed by atoms with Crippen molar-refractivity contribution in [1.29, 1.82) is 0 Å². The first-order chi connectivity index (χ1) is 17.0. The van der Waals surface area contributed by atoms with Crippen LogP contribution in [0.2, 0.25) is 0 Å². The Balaban J connectivity index is 1.99. The zero-order valence-electron chi connectivity index (χ0n) is 20.7. The van der Waals surface area contributed by atoms with E-state index in [1.54, 1.807) is 19.1 Å². The minimum Gasteiger partial charge on any atom is -0.459 e. The molecule has 0 radical (unpaired) electrons. The molecule has 0 saturated heterocycles. The standard InChI is InChI=1S/C28H29NO7/c1-5-16-6-8-19(30)15(3)36-27(35)28(4)11-10-21(32)29-24-23(28)26(34)22-17(20(31)9-7-16)12-14(2)13-18(22)25(24)33/h6,8,10-13,15-16,19,30H,5,7,9H2,1-4H3,(H,29,32)/b8-6+/t15-,16?,19-,28-/m0/s1. The molecule has 3 aliphatic rings. The van der Waals surface area contributed by atoms with Gasteiger partial charge in [0.2, 0.25) is 11.7 Å². The number of benzene rings is 1. The van der Waals surface area contributed by atoms with E-state index in [4.69, 9.17) is 4.74 Å². The lowest BCUT2D eigenvalue weighted by molar-refractivity contribution is -0.158. The maximum atomic E-state index is 14.0. The molecule has 0 spiro atoms. The third-order valence-corrected chi connectivity index (χ3v) is 7.14. The second-order valence-corrected chi connectivity index (χ2v) is 9.78. The van der Waals surface area contributed by atoms with Crippen molar-refractivity contribution in [2.45, 2.75) is 59.2 Å². The van der Waals surface area contributed by atoms with Gasteiger partial charge in [0.15, 0.2) is 11.6 Å². The zero-order chi connectivity index (χ0) is 26.4. The van der Waals surface area contributed by atoms with Crippen molar-refractivity contribution in [3.63, 3.8) is 0 Å². The number of nitrogens with one attached hydrogen (secondary N) is 1. The topological polar surface area (TPSA) is 127 Å². The van der Waals surface area contributed by atoms with E-state index in [0.29, 0.717) is 18.4 Å². The molecule has 2 N–H and O–H groups in total. The molecule has 1 aliphatic carbocycles. The molecule has 0 aromatic heterocycles. The Morgan fingerprint density at radius 3 is 2.47 bits per heavy atom. The van der Waals surface area contributed by atoms with Gasteiger partial charge in [0, 0.05) is 34.8 Å². The van der Waals surface area contributed by atoms with Gasteiger partial charge in [0.05, 0.1) is 5.70 Å². The molecule has 0 fully saturated rings. The van der Waals surface area contributed by atoms with Crippen molar-refractivity contribution >= 4 is 29.2 Å². The number of esters is 1. The van der Waals surface area contributed by atoms with Crippen LogP contribution < -0.4 is 5.32 Å². The van der Waals surface area contributed by atoms with Crippen LogP contribution in [0.5, 0.6) is 0 Å². The minimum absolute atomic E-state index is 0.0139. The van der Waals surface area contributed by atoms with Crippen LogP contribution in [0.3, 0.4) is 0 Å². The fourth-order valence-electron chi connectivity index (χ4n) is 4.87. The lowest BCUT2D eigenvalue weighted by Crippen LogP contribution is -2.42. The molecule has 1 aromatic carbocycles. The van der Waals surface area contributed by atoms with Crippen molar-refractivity contribution in [2.75, 3.05) is 0 Å². The number of aliphatic hydroxyl groups excluding tert-OH is 1. The molecule has 1 aromatic rings. The van der Waals surface area contributed by atoms with E-state index in [2.05, 4.69) is 5.32 Å². The summed E-state index contributed by atoms with van der Waals surface area (Å²) in [7, 11) is 0. The third-order valence-electron chi connectivity index (χ3n) is 7.14. The third kappa shape index (κ3) is 4.26. The Kier molecular flexibility index (Phi) is 6.66. The molecule has 8 heteroatoms. The summed E-state index contributed by atoms with van der Waals surface area (Å²) in [5.74, 6) is -3.25.